The number of anilines is 2. The van der Waals surface area contributed by atoms with Gasteiger partial charge in [-0.05, 0) is 37.3 Å². The molecule has 0 aromatic heterocycles. The fourth-order valence-electron chi connectivity index (χ4n) is 2.25. The molecule has 0 spiro atoms. The van der Waals surface area contributed by atoms with Crippen LogP contribution in [0, 0.1) is 5.82 Å². The maximum absolute atomic E-state index is 13.5. The third-order valence-corrected chi connectivity index (χ3v) is 3.50. The van der Waals surface area contributed by atoms with Crippen LogP contribution in [0.25, 0.3) is 6.08 Å². The second kappa shape index (κ2) is 6.54. The number of nitrogens with one attached hydrogen (secondary N) is 2. The highest BCUT2D eigenvalue weighted by Crippen LogP contribution is 2.32. The minimum atomic E-state index is -0.554. The first-order valence-electron chi connectivity index (χ1n) is 7.38. The first-order valence-corrected chi connectivity index (χ1v) is 7.38. The molecule has 122 valence electrons. The molecule has 1 aliphatic rings. The van der Waals surface area contributed by atoms with Gasteiger partial charge < -0.3 is 15.4 Å². The topological polar surface area (TPSA) is 67.4 Å². The lowest BCUT2D eigenvalue weighted by Gasteiger charge is -2.23. The highest BCUT2D eigenvalue weighted by molar-refractivity contribution is 6.03. The van der Waals surface area contributed by atoms with Gasteiger partial charge in [0.2, 0.25) is 5.91 Å². The van der Waals surface area contributed by atoms with E-state index in [1.165, 1.54) is 18.2 Å². The zero-order valence-electron chi connectivity index (χ0n) is 12.9. The number of carbonyl (C=O) groups excluding carboxylic acids is 2. The van der Waals surface area contributed by atoms with E-state index in [9.17, 15) is 14.0 Å². The Labute approximate surface area is 138 Å². The number of amides is 2. The predicted octanol–water partition coefficient (Wildman–Crippen LogP) is 3.20. The van der Waals surface area contributed by atoms with E-state index in [1.54, 1.807) is 43.3 Å². The number of benzene rings is 2. The Bertz CT molecular complexity index is 833. The monoisotopic (exact) mass is 326 g/mol. The smallest absolute Gasteiger partial charge is 0.265 e. The van der Waals surface area contributed by atoms with Gasteiger partial charge in [-0.1, -0.05) is 18.2 Å². The van der Waals surface area contributed by atoms with Crippen molar-refractivity contribution in [3.05, 3.63) is 59.9 Å². The van der Waals surface area contributed by atoms with Crippen molar-refractivity contribution in [3.63, 3.8) is 0 Å². The molecule has 1 unspecified atom stereocenters. The molecule has 0 saturated carbocycles. The Balaban J connectivity index is 1.70. The molecule has 0 aliphatic carbocycles. The zero-order valence-corrected chi connectivity index (χ0v) is 12.9. The third kappa shape index (κ3) is 3.43. The molecule has 1 atom stereocenters. The Morgan fingerprint density at radius 1 is 1.29 bits per heavy atom. The van der Waals surface area contributed by atoms with Crippen LogP contribution in [0.15, 0.2) is 48.5 Å². The van der Waals surface area contributed by atoms with Crippen molar-refractivity contribution in [3.8, 4) is 5.75 Å². The Kier molecular flexibility index (Phi) is 4.29. The molecule has 0 bridgehead atoms. The lowest BCUT2D eigenvalue weighted by Crippen LogP contribution is -2.34. The number of rotatable bonds is 3. The molecule has 2 aromatic rings. The molecule has 24 heavy (non-hydrogen) atoms. The van der Waals surface area contributed by atoms with E-state index in [4.69, 9.17) is 4.74 Å². The van der Waals surface area contributed by atoms with Crippen molar-refractivity contribution in [1.82, 2.24) is 0 Å². The van der Waals surface area contributed by atoms with Crippen LogP contribution in [0.2, 0.25) is 0 Å². The molecule has 2 N–H and O–H groups in total. The maximum Gasteiger partial charge on any atom is 0.265 e. The molecule has 1 heterocycles. The quantitative estimate of drug-likeness (QED) is 0.851. The molecule has 2 aromatic carbocycles. The summed E-state index contributed by atoms with van der Waals surface area (Å²) < 4.78 is 18.9. The van der Waals surface area contributed by atoms with Gasteiger partial charge in [-0.15, -0.1) is 0 Å². The fraction of sp³-hybridized carbons (Fsp3) is 0.111. The van der Waals surface area contributed by atoms with Crippen LogP contribution in [-0.4, -0.2) is 17.9 Å². The first kappa shape index (κ1) is 15.7. The van der Waals surface area contributed by atoms with Gasteiger partial charge in [0, 0.05) is 17.3 Å². The van der Waals surface area contributed by atoms with Crippen molar-refractivity contribution in [2.75, 3.05) is 10.6 Å². The standard InChI is InChI=1S/C18H15FN2O3/c1-11-18(23)21-15-10-13(7-8-16(15)24-11)20-17(22)9-6-12-4-2-3-5-14(12)19/h2-11H,1H3,(H,20,22)(H,21,23)/b9-6+. The van der Waals surface area contributed by atoms with Gasteiger partial charge in [-0.3, -0.25) is 9.59 Å². The van der Waals surface area contributed by atoms with Gasteiger partial charge in [0.15, 0.2) is 6.10 Å². The summed E-state index contributed by atoms with van der Waals surface area (Å²) in [6.45, 7) is 1.65. The predicted molar refractivity (Wildman–Crippen MR) is 89.2 cm³/mol. The van der Waals surface area contributed by atoms with E-state index in [-0.39, 0.29) is 5.91 Å². The van der Waals surface area contributed by atoms with Crippen molar-refractivity contribution >= 4 is 29.3 Å². The van der Waals surface area contributed by atoms with Crippen molar-refractivity contribution in [1.29, 1.82) is 0 Å². The highest BCUT2D eigenvalue weighted by Gasteiger charge is 2.23. The van der Waals surface area contributed by atoms with Crippen LogP contribution in [0.4, 0.5) is 15.8 Å². The number of halogens is 1. The van der Waals surface area contributed by atoms with E-state index in [0.717, 1.165) is 0 Å². The summed E-state index contributed by atoms with van der Waals surface area (Å²) in [5, 5.41) is 5.36. The van der Waals surface area contributed by atoms with Gasteiger partial charge in [0.1, 0.15) is 11.6 Å². The average Bonchev–Trinajstić information content (AvgIpc) is 2.55. The maximum atomic E-state index is 13.5. The van der Waals surface area contributed by atoms with Crippen LogP contribution in [-0.2, 0) is 9.59 Å². The average molecular weight is 326 g/mol. The van der Waals surface area contributed by atoms with Gasteiger partial charge in [0.25, 0.3) is 5.91 Å². The second-order valence-electron chi connectivity index (χ2n) is 5.30. The number of carbonyl (C=O) groups is 2. The highest BCUT2D eigenvalue weighted by atomic mass is 19.1. The lowest BCUT2D eigenvalue weighted by molar-refractivity contribution is -0.122. The summed E-state index contributed by atoms with van der Waals surface area (Å²) in [5.41, 5.74) is 1.32. The van der Waals surface area contributed by atoms with Gasteiger partial charge in [-0.25, -0.2) is 4.39 Å². The zero-order chi connectivity index (χ0) is 17.1. The minimum absolute atomic E-state index is 0.245. The van der Waals surface area contributed by atoms with Crippen LogP contribution in [0.5, 0.6) is 5.75 Å². The number of ether oxygens (including phenoxy) is 1. The van der Waals surface area contributed by atoms with E-state index in [0.29, 0.717) is 22.7 Å². The van der Waals surface area contributed by atoms with Crippen LogP contribution >= 0.6 is 0 Å². The lowest BCUT2D eigenvalue weighted by atomic mass is 10.2. The number of hydrogen-bond donors (Lipinski definition) is 2. The second-order valence-corrected chi connectivity index (χ2v) is 5.30. The molecule has 3 rings (SSSR count). The van der Waals surface area contributed by atoms with Gasteiger partial charge in [0.05, 0.1) is 5.69 Å². The van der Waals surface area contributed by atoms with Gasteiger partial charge in [-0.2, -0.15) is 0 Å². The van der Waals surface area contributed by atoms with E-state index in [2.05, 4.69) is 10.6 Å². The molecule has 0 radical (unpaired) electrons. The number of fused-ring (bicyclic) bond motifs is 1. The molecule has 0 fully saturated rings. The molecule has 6 heteroatoms. The largest absolute Gasteiger partial charge is 0.479 e. The normalized spacial score (nSPS) is 16.2. The Hall–Kier alpha value is -3.15. The molecule has 1 aliphatic heterocycles. The Morgan fingerprint density at radius 3 is 2.88 bits per heavy atom. The number of hydrogen-bond acceptors (Lipinski definition) is 3. The van der Waals surface area contributed by atoms with Gasteiger partial charge >= 0.3 is 0 Å². The van der Waals surface area contributed by atoms with Crippen LogP contribution < -0.4 is 15.4 Å². The molecule has 0 saturated heterocycles. The summed E-state index contributed by atoms with van der Waals surface area (Å²) in [5.74, 6) is -0.508. The SMILES string of the molecule is CC1Oc2ccc(NC(=O)/C=C/c3ccccc3F)cc2NC1=O. The van der Waals surface area contributed by atoms with Crippen molar-refractivity contribution in [2.45, 2.75) is 13.0 Å². The van der Waals surface area contributed by atoms with Crippen LogP contribution in [0.3, 0.4) is 0 Å². The van der Waals surface area contributed by atoms with E-state index >= 15 is 0 Å². The summed E-state index contributed by atoms with van der Waals surface area (Å²) in [6.07, 6.45) is 2.09. The van der Waals surface area contributed by atoms with Crippen molar-refractivity contribution in [2.24, 2.45) is 0 Å². The third-order valence-electron chi connectivity index (χ3n) is 3.50. The fourth-order valence-corrected chi connectivity index (χ4v) is 2.25. The molecule has 2 amide bonds. The summed E-state index contributed by atoms with van der Waals surface area (Å²) in [7, 11) is 0. The first-order chi connectivity index (χ1) is 11.5. The molecular weight excluding hydrogens is 311 g/mol. The Morgan fingerprint density at radius 2 is 2.08 bits per heavy atom. The van der Waals surface area contributed by atoms with E-state index in [1.807, 2.05) is 0 Å². The summed E-state index contributed by atoms with van der Waals surface area (Å²) in [4.78, 5) is 23.6. The minimum Gasteiger partial charge on any atom is -0.479 e. The van der Waals surface area contributed by atoms with Crippen LogP contribution in [0.1, 0.15) is 12.5 Å². The molecular formula is C18H15FN2O3. The summed E-state index contributed by atoms with van der Waals surface area (Å²) >= 11 is 0. The van der Waals surface area contributed by atoms with Crippen molar-refractivity contribution < 1.29 is 18.7 Å². The summed E-state index contributed by atoms with van der Waals surface area (Å²) in [6, 6.07) is 11.1. The molecule has 5 nitrogen and oxygen atoms in total. The van der Waals surface area contributed by atoms with E-state index < -0.39 is 17.8 Å².